The summed E-state index contributed by atoms with van der Waals surface area (Å²) in [4.78, 5) is 0. The summed E-state index contributed by atoms with van der Waals surface area (Å²) >= 11 is 4.96. The summed E-state index contributed by atoms with van der Waals surface area (Å²) in [6, 6.07) is 0.483. The molecule has 0 atom stereocenters. The van der Waals surface area contributed by atoms with Gasteiger partial charge in [-0.05, 0) is 12.2 Å². The molecule has 0 spiro atoms. The van der Waals surface area contributed by atoms with Gasteiger partial charge in [-0.1, -0.05) is 0 Å². The summed E-state index contributed by atoms with van der Waals surface area (Å²) in [5.41, 5.74) is 0. The molecule has 1 heterocycles. The van der Waals surface area contributed by atoms with Crippen LogP contribution in [0.5, 0.6) is 6.01 Å². The Bertz CT molecular complexity index is 293. The zero-order chi connectivity index (χ0) is 8.97. The van der Waals surface area contributed by atoms with E-state index in [0.717, 1.165) is 0 Å². The number of rotatable bonds is 4. The average Bonchev–Trinajstić information content (AvgIpc) is 2.43. The molecular formula is C6H11N3O2S. The van der Waals surface area contributed by atoms with Gasteiger partial charge in [0, 0.05) is 7.11 Å². The molecule has 0 aromatic carbocycles. The van der Waals surface area contributed by atoms with Crippen molar-refractivity contribution in [3.05, 3.63) is 4.77 Å². The Morgan fingerprint density at radius 2 is 2.33 bits per heavy atom. The second-order valence-corrected chi connectivity index (χ2v) is 2.55. The molecule has 0 aliphatic carbocycles. The first-order chi connectivity index (χ1) is 5.79. The van der Waals surface area contributed by atoms with E-state index in [4.69, 9.17) is 21.7 Å². The lowest BCUT2D eigenvalue weighted by Gasteiger charge is -2.02. The molecule has 68 valence electrons. The largest absolute Gasteiger partial charge is 0.467 e. The van der Waals surface area contributed by atoms with Crippen LogP contribution in [0.15, 0.2) is 0 Å². The van der Waals surface area contributed by atoms with Crippen LogP contribution in [0.4, 0.5) is 0 Å². The highest BCUT2D eigenvalue weighted by molar-refractivity contribution is 7.71. The summed E-state index contributed by atoms with van der Waals surface area (Å²) in [5, 5.41) is 6.49. The number of ether oxygens (including phenoxy) is 2. The van der Waals surface area contributed by atoms with Crippen molar-refractivity contribution in [2.45, 2.75) is 6.54 Å². The normalized spacial score (nSPS) is 10.2. The summed E-state index contributed by atoms with van der Waals surface area (Å²) < 4.78 is 12.1. The number of aromatic nitrogens is 3. The third-order valence-electron chi connectivity index (χ3n) is 1.42. The Hall–Kier alpha value is -0.880. The summed E-state index contributed by atoms with van der Waals surface area (Å²) in [7, 11) is 3.18. The third kappa shape index (κ3) is 1.83. The molecule has 0 bridgehead atoms. The van der Waals surface area contributed by atoms with Gasteiger partial charge in [0.15, 0.2) is 4.77 Å². The molecule has 0 unspecified atom stereocenters. The SMILES string of the molecule is COCCn1c(OC)n[nH]c1=S. The maximum atomic E-state index is 4.96. The van der Waals surface area contributed by atoms with Crippen molar-refractivity contribution in [1.82, 2.24) is 14.8 Å². The third-order valence-corrected chi connectivity index (χ3v) is 1.74. The van der Waals surface area contributed by atoms with Crippen LogP contribution < -0.4 is 4.74 Å². The Morgan fingerprint density at radius 1 is 1.58 bits per heavy atom. The smallest absolute Gasteiger partial charge is 0.315 e. The number of hydrogen-bond acceptors (Lipinski definition) is 4. The zero-order valence-corrected chi connectivity index (χ0v) is 7.85. The number of nitrogens with zero attached hydrogens (tertiary/aromatic N) is 2. The molecule has 1 aromatic heterocycles. The first kappa shape index (κ1) is 9.21. The second-order valence-electron chi connectivity index (χ2n) is 2.16. The predicted molar refractivity (Wildman–Crippen MR) is 45.8 cm³/mol. The van der Waals surface area contributed by atoms with Gasteiger partial charge in [-0.3, -0.25) is 4.57 Å². The molecule has 6 heteroatoms. The lowest BCUT2D eigenvalue weighted by atomic mass is 10.7. The van der Waals surface area contributed by atoms with Crippen molar-refractivity contribution in [2.24, 2.45) is 0 Å². The van der Waals surface area contributed by atoms with Gasteiger partial charge in [0.2, 0.25) is 0 Å². The highest BCUT2D eigenvalue weighted by Gasteiger charge is 2.03. The van der Waals surface area contributed by atoms with E-state index < -0.39 is 0 Å². The summed E-state index contributed by atoms with van der Waals surface area (Å²) in [5.74, 6) is 0. The second kappa shape index (κ2) is 4.22. The fraction of sp³-hybridized carbons (Fsp3) is 0.667. The maximum Gasteiger partial charge on any atom is 0.315 e. The molecule has 0 radical (unpaired) electrons. The Balaban J connectivity index is 2.79. The van der Waals surface area contributed by atoms with Crippen LogP contribution in [-0.4, -0.2) is 35.6 Å². The minimum atomic E-state index is 0.483. The van der Waals surface area contributed by atoms with Gasteiger partial charge in [0.25, 0.3) is 0 Å². The molecule has 1 rings (SSSR count). The van der Waals surface area contributed by atoms with E-state index in [-0.39, 0.29) is 0 Å². The van der Waals surface area contributed by atoms with E-state index in [1.54, 1.807) is 18.8 Å². The van der Waals surface area contributed by atoms with Crippen LogP contribution in [0, 0.1) is 4.77 Å². The summed E-state index contributed by atoms with van der Waals surface area (Å²) in [6.07, 6.45) is 0. The van der Waals surface area contributed by atoms with Gasteiger partial charge in [0.05, 0.1) is 20.3 Å². The van der Waals surface area contributed by atoms with E-state index in [1.165, 1.54) is 0 Å². The van der Waals surface area contributed by atoms with Crippen molar-refractivity contribution < 1.29 is 9.47 Å². The lowest BCUT2D eigenvalue weighted by molar-refractivity contribution is 0.182. The van der Waals surface area contributed by atoms with Gasteiger partial charge >= 0.3 is 6.01 Å². The standard InChI is InChI=1S/C6H11N3O2S/c1-10-4-3-9-5(11-2)7-8-6(9)12/h3-4H2,1-2H3,(H,8,12). The maximum absolute atomic E-state index is 4.96. The van der Waals surface area contributed by atoms with Crippen molar-refractivity contribution in [1.29, 1.82) is 0 Å². The zero-order valence-electron chi connectivity index (χ0n) is 7.03. The highest BCUT2D eigenvalue weighted by atomic mass is 32.1. The molecule has 5 nitrogen and oxygen atoms in total. The predicted octanol–water partition coefficient (Wildman–Crippen LogP) is 0.596. The molecule has 0 aliphatic heterocycles. The van der Waals surface area contributed by atoms with Crippen LogP contribution >= 0.6 is 12.2 Å². The Morgan fingerprint density at radius 3 is 2.92 bits per heavy atom. The first-order valence-corrected chi connectivity index (χ1v) is 3.88. The molecule has 1 aromatic rings. The van der Waals surface area contributed by atoms with Crippen LogP contribution in [0.1, 0.15) is 0 Å². The number of hydrogen-bond donors (Lipinski definition) is 1. The van der Waals surface area contributed by atoms with E-state index in [0.29, 0.717) is 23.9 Å². The highest BCUT2D eigenvalue weighted by Crippen LogP contribution is 2.05. The molecular weight excluding hydrogens is 178 g/mol. The van der Waals surface area contributed by atoms with E-state index in [2.05, 4.69) is 10.2 Å². The lowest BCUT2D eigenvalue weighted by Crippen LogP contribution is -2.06. The molecule has 0 amide bonds. The van der Waals surface area contributed by atoms with Gasteiger partial charge in [-0.2, -0.15) is 0 Å². The quantitative estimate of drug-likeness (QED) is 0.704. The number of H-pyrrole nitrogens is 1. The molecule has 0 fully saturated rings. The monoisotopic (exact) mass is 189 g/mol. The number of methoxy groups -OCH3 is 2. The van der Waals surface area contributed by atoms with Crippen molar-refractivity contribution in [3.63, 3.8) is 0 Å². The molecule has 0 aliphatic rings. The van der Waals surface area contributed by atoms with Crippen molar-refractivity contribution in [2.75, 3.05) is 20.8 Å². The van der Waals surface area contributed by atoms with Crippen LogP contribution in [0.25, 0.3) is 0 Å². The molecule has 12 heavy (non-hydrogen) atoms. The summed E-state index contributed by atoms with van der Waals surface area (Å²) in [6.45, 7) is 1.24. The fourth-order valence-electron chi connectivity index (χ4n) is 0.839. The Labute approximate surface area is 75.3 Å². The van der Waals surface area contributed by atoms with Crippen LogP contribution in [0.2, 0.25) is 0 Å². The average molecular weight is 189 g/mol. The Kier molecular flexibility index (Phi) is 3.24. The van der Waals surface area contributed by atoms with E-state index >= 15 is 0 Å². The minimum Gasteiger partial charge on any atom is -0.467 e. The first-order valence-electron chi connectivity index (χ1n) is 3.47. The fourth-order valence-corrected chi connectivity index (χ4v) is 1.05. The van der Waals surface area contributed by atoms with Crippen LogP contribution in [0.3, 0.4) is 0 Å². The van der Waals surface area contributed by atoms with Gasteiger partial charge in [-0.25, -0.2) is 5.10 Å². The number of aromatic amines is 1. The van der Waals surface area contributed by atoms with Crippen LogP contribution in [-0.2, 0) is 11.3 Å². The van der Waals surface area contributed by atoms with E-state index in [1.807, 2.05) is 0 Å². The van der Waals surface area contributed by atoms with Gasteiger partial charge in [-0.15, -0.1) is 5.10 Å². The molecule has 1 N–H and O–H groups in total. The number of nitrogens with one attached hydrogen (secondary N) is 1. The minimum absolute atomic E-state index is 0.483. The topological polar surface area (TPSA) is 52.1 Å². The van der Waals surface area contributed by atoms with Crippen molar-refractivity contribution >= 4 is 12.2 Å². The van der Waals surface area contributed by atoms with Gasteiger partial charge in [0.1, 0.15) is 0 Å². The van der Waals surface area contributed by atoms with Gasteiger partial charge < -0.3 is 9.47 Å². The van der Waals surface area contributed by atoms with E-state index in [9.17, 15) is 0 Å². The molecule has 0 saturated heterocycles. The molecule has 0 saturated carbocycles. The van der Waals surface area contributed by atoms with Crippen molar-refractivity contribution in [3.8, 4) is 6.01 Å².